The van der Waals surface area contributed by atoms with Gasteiger partial charge in [-0.2, -0.15) is 0 Å². The minimum atomic E-state index is -1.12. The number of halogens is 3. The first-order chi connectivity index (χ1) is 10.3. The highest BCUT2D eigenvalue weighted by Crippen LogP contribution is 2.31. The molecule has 0 aliphatic heterocycles. The Balaban J connectivity index is 2.16. The number of hydrogen-bond acceptors (Lipinski definition) is 2. The molecule has 0 fully saturated rings. The van der Waals surface area contributed by atoms with Crippen LogP contribution in [-0.4, -0.2) is 24.2 Å². The van der Waals surface area contributed by atoms with Crippen LogP contribution in [0, 0.1) is 5.82 Å². The molecule has 0 radical (unpaired) electrons. The Kier molecular flexibility index (Phi) is 5.82. The maximum atomic E-state index is 14.1. The van der Waals surface area contributed by atoms with Gasteiger partial charge in [0.05, 0.1) is 12.0 Å². The third-order valence-electron chi connectivity index (χ3n) is 3.20. The monoisotopic (exact) mass is 404 g/mol. The summed E-state index contributed by atoms with van der Waals surface area (Å²) in [5.41, 5.74) is 1.04. The second-order valence-electron chi connectivity index (χ2n) is 6.33. The van der Waals surface area contributed by atoms with Gasteiger partial charge in [0.15, 0.2) is 0 Å². The quantitative estimate of drug-likeness (QED) is 0.474. The van der Waals surface area contributed by atoms with Gasteiger partial charge in [-0.3, -0.25) is 0 Å². The first kappa shape index (κ1) is 17.7. The number of benzene rings is 1. The van der Waals surface area contributed by atoms with Crippen molar-refractivity contribution in [1.29, 1.82) is 0 Å². The van der Waals surface area contributed by atoms with Crippen molar-refractivity contribution < 1.29 is 9.13 Å². The zero-order valence-electron chi connectivity index (χ0n) is 12.9. The van der Waals surface area contributed by atoms with Gasteiger partial charge in [0.25, 0.3) is 0 Å². The molecular formula is C15H19BrClFN2OSi. The largest absolute Gasteiger partial charge is 0.361 e. The summed E-state index contributed by atoms with van der Waals surface area (Å²) in [6.45, 7) is 7.94. The van der Waals surface area contributed by atoms with E-state index in [2.05, 4.69) is 40.6 Å². The lowest BCUT2D eigenvalue weighted by Gasteiger charge is -2.16. The number of rotatable bonds is 6. The summed E-state index contributed by atoms with van der Waals surface area (Å²) >= 11 is 9.34. The molecule has 0 atom stereocenters. The molecule has 22 heavy (non-hydrogen) atoms. The van der Waals surface area contributed by atoms with Gasteiger partial charge in [-0.15, -0.1) is 0 Å². The van der Waals surface area contributed by atoms with Gasteiger partial charge in [-0.05, 0) is 40.2 Å². The van der Waals surface area contributed by atoms with E-state index in [9.17, 15) is 4.39 Å². The van der Waals surface area contributed by atoms with Crippen LogP contribution in [-0.2, 0) is 11.5 Å². The number of ether oxygens (including phenoxy) is 1. The van der Waals surface area contributed by atoms with Gasteiger partial charge in [0.1, 0.15) is 17.2 Å². The molecule has 0 unspecified atom stereocenters. The fraction of sp³-hybridized carbons (Fsp3) is 0.400. The molecule has 1 aromatic heterocycles. The van der Waals surface area contributed by atoms with E-state index in [0.717, 1.165) is 6.04 Å². The molecule has 0 saturated carbocycles. The lowest BCUT2D eigenvalue weighted by molar-refractivity contribution is 0.0881. The van der Waals surface area contributed by atoms with E-state index in [0.29, 0.717) is 34.2 Å². The number of imidazole rings is 1. The van der Waals surface area contributed by atoms with Crippen molar-refractivity contribution in [2.24, 2.45) is 0 Å². The summed E-state index contributed by atoms with van der Waals surface area (Å²) in [6.07, 6.45) is 1.63. The van der Waals surface area contributed by atoms with Crippen LogP contribution >= 0.6 is 27.5 Å². The van der Waals surface area contributed by atoms with Crippen molar-refractivity contribution in [2.75, 3.05) is 6.61 Å². The van der Waals surface area contributed by atoms with Crippen LogP contribution in [0.5, 0.6) is 0 Å². The van der Waals surface area contributed by atoms with Gasteiger partial charge >= 0.3 is 0 Å². The third kappa shape index (κ3) is 4.65. The lowest BCUT2D eigenvalue weighted by atomic mass is 10.1. The Morgan fingerprint density at radius 2 is 2.09 bits per heavy atom. The smallest absolute Gasteiger partial charge is 0.132 e. The van der Waals surface area contributed by atoms with E-state index in [-0.39, 0.29) is 5.82 Å². The van der Waals surface area contributed by atoms with Crippen LogP contribution < -0.4 is 0 Å². The van der Waals surface area contributed by atoms with Crippen LogP contribution in [0.4, 0.5) is 4.39 Å². The fourth-order valence-electron chi connectivity index (χ4n) is 1.94. The lowest BCUT2D eigenvalue weighted by Crippen LogP contribution is -2.22. The van der Waals surface area contributed by atoms with Crippen molar-refractivity contribution in [3.05, 3.63) is 40.0 Å². The highest BCUT2D eigenvalue weighted by atomic mass is 79.9. The van der Waals surface area contributed by atoms with Gasteiger partial charge in [0.2, 0.25) is 0 Å². The van der Waals surface area contributed by atoms with Crippen molar-refractivity contribution in [2.45, 2.75) is 32.4 Å². The van der Waals surface area contributed by atoms with Crippen LogP contribution in [0.25, 0.3) is 11.3 Å². The van der Waals surface area contributed by atoms with Crippen molar-refractivity contribution >= 4 is 35.6 Å². The molecule has 1 heterocycles. The Bertz CT molecular complexity index is 657. The summed E-state index contributed by atoms with van der Waals surface area (Å²) in [5.74, 6) is -0.339. The molecule has 120 valence electrons. The average molecular weight is 406 g/mol. The van der Waals surface area contributed by atoms with Crippen molar-refractivity contribution in [3.8, 4) is 11.3 Å². The molecule has 3 nitrogen and oxygen atoms in total. The summed E-state index contributed by atoms with van der Waals surface area (Å²) in [4.78, 5) is 4.19. The Morgan fingerprint density at radius 3 is 2.77 bits per heavy atom. The maximum absolute atomic E-state index is 14.1. The van der Waals surface area contributed by atoms with E-state index in [1.807, 2.05) is 0 Å². The van der Waals surface area contributed by atoms with E-state index >= 15 is 0 Å². The Hall–Kier alpha value is -0.693. The molecule has 0 aliphatic carbocycles. The summed E-state index contributed by atoms with van der Waals surface area (Å²) in [6, 6.07) is 5.56. The molecule has 2 rings (SSSR count). The second kappa shape index (κ2) is 7.25. The number of aromatic nitrogens is 2. The molecular weight excluding hydrogens is 387 g/mol. The number of nitrogens with zero attached hydrogens (tertiary/aromatic N) is 2. The topological polar surface area (TPSA) is 27.1 Å². The Morgan fingerprint density at radius 1 is 1.36 bits per heavy atom. The Labute approximate surface area is 144 Å². The van der Waals surface area contributed by atoms with Crippen LogP contribution in [0.2, 0.25) is 30.7 Å². The van der Waals surface area contributed by atoms with Crippen LogP contribution in [0.1, 0.15) is 0 Å². The van der Waals surface area contributed by atoms with Gasteiger partial charge < -0.3 is 9.30 Å². The number of hydrogen-bond donors (Lipinski definition) is 0. The van der Waals surface area contributed by atoms with Crippen molar-refractivity contribution in [1.82, 2.24) is 9.55 Å². The van der Waals surface area contributed by atoms with Gasteiger partial charge in [0, 0.05) is 25.3 Å². The second-order valence-corrected chi connectivity index (χ2v) is 13.1. The summed E-state index contributed by atoms with van der Waals surface area (Å²) in [5, 5.41) is 0.482. The third-order valence-corrected chi connectivity index (χ3v) is 5.72. The molecule has 0 saturated heterocycles. The first-order valence-corrected chi connectivity index (χ1v) is 11.9. The average Bonchev–Trinajstić information content (AvgIpc) is 2.78. The molecule has 2 aromatic rings. The van der Waals surface area contributed by atoms with E-state index in [1.165, 1.54) is 12.1 Å². The normalized spacial score (nSPS) is 11.9. The summed E-state index contributed by atoms with van der Waals surface area (Å²) in [7, 11) is -1.12. The standard InChI is InChI=1S/C15H19BrClFN2OSi/c1-22(2,3)7-6-21-10-20-9-19-15(16)14(20)12-8-11(17)4-5-13(12)18/h4-5,8-9H,6-7,10H2,1-3H3. The first-order valence-electron chi connectivity index (χ1n) is 7.02. The van der Waals surface area contributed by atoms with E-state index in [1.54, 1.807) is 17.0 Å². The predicted molar refractivity (Wildman–Crippen MR) is 94.4 cm³/mol. The zero-order chi connectivity index (χ0) is 16.3. The molecule has 0 N–H and O–H groups in total. The highest BCUT2D eigenvalue weighted by Gasteiger charge is 2.16. The summed E-state index contributed by atoms with van der Waals surface area (Å²) < 4.78 is 22.2. The fourth-order valence-corrected chi connectivity index (χ4v) is 3.40. The molecule has 1 aromatic carbocycles. The molecule has 0 aliphatic rings. The van der Waals surface area contributed by atoms with Crippen LogP contribution in [0.15, 0.2) is 29.1 Å². The van der Waals surface area contributed by atoms with E-state index < -0.39 is 8.07 Å². The maximum Gasteiger partial charge on any atom is 0.132 e. The molecule has 0 spiro atoms. The molecule has 7 heteroatoms. The molecule has 0 amide bonds. The van der Waals surface area contributed by atoms with Gasteiger partial charge in [-0.25, -0.2) is 9.37 Å². The molecule has 0 bridgehead atoms. The SMILES string of the molecule is C[Si](C)(C)CCOCn1cnc(Br)c1-c1cc(Cl)ccc1F. The van der Waals surface area contributed by atoms with Crippen molar-refractivity contribution in [3.63, 3.8) is 0 Å². The zero-order valence-corrected chi connectivity index (χ0v) is 16.2. The minimum absolute atomic E-state index is 0.338. The minimum Gasteiger partial charge on any atom is -0.361 e. The van der Waals surface area contributed by atoms with E-state index in [4.69, 9.17) is 16.3 Å². The van der Waals surface area contributed by atoms with Crippen LogP contribution in [0.3, 0.4) is 0 Å². The van der Waals surface area contributed by atoms with Gasteiger partial charge in [-0.1, -0.05) is 31.2 Å². The predicted octanol–water partition coefficient (Wildman–Crippen LogP) is 5.42. The highest BCUT2D eigenvalue weighted by molar-refractivity contribution is 9.10.